The fraction of sp³-hybridized carbons (Fsp3) is 0.294. The molecule has 0 bridgehead atoms. The van der Waals surface area contributed by atoms with E-state index in [1.165, 1.54) is 4.90 Å². The molecule has 1 saturated heterocycles. The van der Waals surface area contributed by atoms with Gasteiger partial charge in [-0.3, -0.25) is 19.8 Å². The smallest absolute Gasteiger partial charge is 0.410 e. The minimum atomic E-state index is -1.10. The van der Waals surface area contributed by atoms with Gasteiger partial charge in [-0.05, 0) is 68.7 Å². The number of carbonyl (C=O) groups is 3. The number of hydrogen-bond acceptors (Lipinski definition) is 7. The number of rotatable bonds is 9. The summed E-state index contributed by atoms with van der Waals surface area (Å²) in [6.07, 6.45) is -0.0453. The van der Waals surface area contributed by atoms with Gasteiger partial charge in [-0.1, -0.05) is 48.5 Å². The number of benzene rings is 3. The fourth-order valence-electron chi connectivity index (χ4n) is 5.68. The van der Waals surface area contributed by atoms with Crippen LogP contribution in [0.5, 0.6) is 5.75 Å². The van der Waals surface area contributed by atoms with E-state index in [4.69, 9.17) is 9.47 Å². The third-order valence-electron chi connectivity index (χ3n) is 7.79. The number of para-hydroxylation sites is 1. The first-order valence-corrected chi connectivity index (χ1v) is 14.6. The molecule has 3 amide bonds. The first-order chi connectivity index (χ1) is 21.2. The second-order valence-corrected chi connectivity index (χ2v) is 11.2. The molecule has 1 aromatic heterocycles. The summed E-state index contributed by atoms with van der Waals surface area (Å²) in [7, 11) is 0. The minimum absolute atomic E-state index is 0.0534. The average molecular weight is 597 g/mol. The van der Waals surface area contributed by atoms with Gasteiger partial charge >= 0.3 is 6.09 Å². The molecule has 2 atom stereocenters. The van der Waals surface area contributed by atoms with Crippen LogP contribution in [-0.4, -0.2) is 51.6 Å². The Morgan fingerprint density at radius 2 is 1.75 bits per heavy atom. The van der Waals surface area contributed by atoms with Gasteiger partial charge in [-0.25, -0.2) is 10.3 Å². The molecule has 3 N–H and O–H groups in total. The number of fused-ring (bicyclic) bond motifs is 1. The van der Waals surface area contributed by atoms with Crippen molar-refractivity contribution in [3.8, 4) is 5.75 Å². The number of hydroxylamine groups is 1. The lowest BCUT2D eigenvalue weighted by atomic mass is 9.85. The van der Waals surface area contributed by atoms with E-state index < -0.39 is 23.4 Å². The molecule has 10 nitrogen and oxygen atoms in total. The van der Waals surface area contributed by atoms with E-state index in [9.17, 15) is 19.6 Å². The summed E-state index contributed by atoms with van der Waals surface area (Å²) in [6.45, 7) is 4.50. The highest BCUT2D eigenvalue weighted by Crippen LogP contribution is 2.29. The van der Waals surface area contributed by atoms with Gasteiger partial charge < -0.3 is 19.7 Å². The normalized spacial score (nSPS) is 17.0. The zero-order chi connectivity index (χ0) is 31.1. The number of likely N-dealkylation sites (tertiary alicyclic amines) is 1. The van der Waals surface area contributed by atoms with Gasteiger partial charge in [0, 0.05) is 35.3 Å². The topological polar surface area (TPSA) is 130 Å². The molecule has 1 aliphatic rings. The number of aryl methyl sites for hydroxylation is 1. The zero-order valence-electron chi connectivity index (χ0n) is 24.8. The number of nitrogens with zero attached hydrogens (tertiary/aromatic N) is 2. The molecule has 4 aromatic rings. The van der Waals surface area contributed by atoms with Gasteiger partial charge in [0.1, 0.15) is 18.5 Å². The van der Waals surface area contributed by atoms with Crippen molar-refractivity contribution in [2.45, 2.75) is 51.4 Å². The molecule has 0 saturated carbocycles. The van der Waals surface area contributed by atoms with Gasteiger partial charge in [0.25, 0.3) is 5.91 Å². The predicted octanol–water partition coefficient (Wildman–Crippen LogP) is 5.48. The molecule has 2 heterocycles. The number of amides is 3. The molecule has 2 unspecified atom stereocenters. The van der Waals surface area contributed by atoms with Crippen molar-refractivity contribution >= 4 is 28.8 Å². The van der Waals surface area contributed by atoms with Gasteiger partial charge in [-0.15, -0.1) is 0 Å². The summed E-state index contributed by atoms with van der Waals surface area (Å²) in [5, 5.41) is 13.2. The number of aromatic nitrogens is 1. The minimum Gasteiger partial charge on any atom is -0.486 e. The second kappa shape index (κ2) is 13.6. The van der Waals surface area contributed by atoms with Crippen LogP contribution in [0.1, 0.15) is 59.5 Å². The number of hydrogen-bond donors (Lipinski definition) is 3. The number of nitrogens with one attached hydrogen (secondary N) is 2. The average Bonchev–Trinajstić information content (AvgIpc) is 3.03. The third kappa shape index (κ3) is 7.33. The van der Waals surface area contributed by atoms with Crippen LogP contribution < -0.4 is 15.5 Å². The Bertz CT molecular complexity index is 1630. The molecular weight excluding hydrogens is 560 g/mol. The van der Waals surface area contributed by atoms with Crippen molar-refractivity contribution in [1.29, 1.82) is 0 Å². The molecule has 3 aromatic carbocycles. The standard InChI is InChI=1S/C34H36N4O6/c1-23-19-29(28-11-6-7-12-30(28)35-23)24(2)44-27-15-13-26(14-16-27)32(40)36-34(20-31(39)37-42)17-8-18-38(22-34)33(41)43-21-25-9-4-3-5-10-25/h3-7,9-16,19,24,42H,8,17-18,20-22H2,1-2H3,(H,36,40)(H,37,39). The Morgan fingerprint density at radius 3 is 2.50 bits per heavy atom. The van der Waals surface area contributed by atoms with Crippen molar-refractivity contribution in [2.24, 2.45) is 0 Å². The van der Waals surface area contributed by atoms with E-state index >= 15 is 0 Å². The van der Waals surface area contributed by atoms with Crippen molar-refractivity contribution < 1.29 is 29.1 Å². The maximum atomic E-state index is 13.4. The Morgan fingerprint density at radius 1 is 1.02 bits per heavy atom. The zero-order valence-corrected chi connectivity index (χ0v) is 24.8. The lowest BCUT2D eigenvalue weighted by Crippen LogP contribution is -2.61. The van der Waals surface area contributed by atoms with Crippen molar-refractivity contribution in [3.05, 3.63) is 107 Å². The van der Waals surface area contributed by atoms with Crippen LogP contribution in [0, 0.1) is 6.92 Å². The molecule has 44 heavy (non-hydrogen) atoms. The Hall–Kier alpha value is -4.96. The molecule has 0 spiro atoms. The van der Waals surface area contributed by atoms with Gasteiger partial charge in [0.15, 0.2) is 0 Å². The second-order valence-electron chi connectivity index (χ2n) is 11.2. The van der Waals surface area contributed by atoms with Crippen molar-refractivity contribution in [3.63, 3.8) is 0 Å². The van der Waals surface area contributed by atoms with Crippen LogP contribution in [0.25, 0.3) is 10.9 Å². The lowest BCUT2D eigenvalue weighted by molar-refractivity contribution is -0.131. The Labute approximate surface area is 256 Å². The highest BCUT2D eigenvalue weighted by Gasteiger charge is 2.41. The summed E-state index contributed by atoms with van der Waals surface area (Å²) < 4.78 is 11.7. The monoisotopic (exact) mass is 596 g/mol. The highest BCUT2D eigenvalue weighted by molar-refractivity contribution is 5.95. The number of piperidine rings is 1. The maximum absolute atomic E-state index is 13.4. The SMILES string of the molecule is Cc1cc(C(C)Oc2ccc(C(=O)NC3(CC(=O)NO)CCCN(C(=O)OCc4ccccc4)C3)cc2)c2ccccc2n1. The molecular formula is C34H36N4O6. The van der Waals surface area contributed by atoms with E-state index in [1.54, 1.807) is 29.7 Å². The Kier molecular flexibility index (Phi) is 9.40. The number of pyridine rings is 1. The lowest BCUT2D eigenvalue weighted by Gasteiger charge is -2.42. The quantitative estimate of drug-likeness (QED) is 0.172. The van der Waals surface area contributed by atoms with Crippen molar-refractivity contribution in [2.75, 3.05) is 13.1 Å². The van der Waals surface area contributed by atoms with Crippen LogP contribution in [0.3, 0.4) is 0 Å². The van der Waals surface area contributed by atoms with E-state index in [1.807, 2.05) is 74.5 Å². The van der Waals surface area contributed by atoms with Crippen LogP contribution in [0.2, 0.25) is 0 Å². The van der Waals surface area contributed by atoms with Gasteiger partial charge in [-0.2, -0.15) is 0 Å². The summed E-state index contributed by atoms with van der Waals surface area (Å²) in [5.74, 6) is -0.487. The maximum Gasteiger partial charge on any atom is 0.410 e. The van der Waals surface area contributed by atoms with Crippen LogP contribution in [-0.2, 0) is 16.1 Å². The summed E-state index contributed by atoms with van der Waals surface area (Å²) in [5.41, 5.74) is 4.58. The predicted molar refractivity (Wildman–Crippen MR) is 164 cm³/mol. The molecule has 1 fully saturated rings. The molecule has 1 aliphatic heterocycles. The molecule has 10 heteroatoms. The van der Waals surface area contributed by atoms with E-state index in [0.29, 0.717) is 30.7 Å². The van der Waals surface area contributed by atoms with E-state index in [2.05, 4.69) is 10.3 Å². The third-order valence-corrected chi connectivity index (χ3v) is 7.79. The molecule has 0 aliphatic carbocycles. The van der Waals surface area contributed by atoms with Crippen LogP contribution in [0.4, 0.5) is 4.79 Å². The fourth-order valence-corrected chi connectivity index (χ4v) is 5.68. The number of carbonyl (C=O) groups excluding carboxylic acids is 3. The van der Waals surface area contributed by atoms with E-state index in [0.717, 1.165) is 27.7 Å². The summed E-state index contributed by atoms with van der Waals surface area (Å²) >= 11 is 0. The molecule has 228 valence electrons. The number of ether oxygens (including phenoxy) is 2. The van der Waals surface area contributed by atoms with E-state index in [-0.39, 0.29) is 25.7 Å². The molecule has 0 radical (unpaired) electrons. The first kappa shape index (κ1) is 30.5. The van der Waals surface area contributed by atoms with Crippen LogP contribution in [0.15, 0.2) is 84.9 Å². The summed E-state index contributed by atoms with van der Waals surface area (Å²) in [6, 6.07) is 26.0. The highest BCUT2D eigenvalue weighted by atomic mass is 16.6. The van der Waals surface area contributed by atoms with Gasteiger partial charge in [0.2, 0.25) is 5.91 Å². The van der Waals surface area contributed by atoms with Crippen LogP contribution >= 0.6 is 0 Å². The summed E-state index contributed by atoms with van der Waals surface area (Å²) in [4.78, 5) is 44.7. The largest absolute Gasteiger partial charge is 0.486 e. The van der Waals surface area contributed by atoms with Gasteiger partial charge in [0.05, 0.1) is 17.5 Å². The van der Waals surface area contributed by atoms with Crippen molar-refractivity contribution in [1.82, 2.24) is 20.7 Å². The molecule has 5 rings (SSSR count). The first-order valence-electron chi connectivity index (χ1n) is 14.6. The Balaban J connectivity index is 1.26.